The molecule has 0 fully saturated rings. The molecule has 40 heavy (non-hydrogen) atoms. The summed E-state index contributed by atoms with van der Waals surface area (Å²) in [6, 6.07) is 20.4. The standard InChI is InChI=1S/C31H38BrN3O4S/c1-6-19-33-31(37)24(5)34(20-25-9-13-27(32)14-10-25)30(36)21-35(28-15-11-26(12-16-28)22(2)3)40(38,39)29-17-7-23(4)8-18-29/h7-18,22,24H,6,19-21H2,1-5H3,(H,33,37)/t24-/m1/s1. The van der Waals surface area contributed by atoms with Crippen LogP contribution in [0.5, 0.6) is 0 Å². The monoisotopic (exact) mass is 627 g/mol. The maximum Gasteiger partial charge on any atom is 0.264 e. The Morgan fingerprint density at radius 2 is 1.50 bits per heavy atom. The Kier molecular flexibility index (Phi) is 10.9. The number of nitrogens with one attached hydrogen (secondary N) is 1. The van der Waals surface area contributed by atoms with Gasteiger partial charge in [-0.2, -0.15) is 0 Å². The van der Waals surface area contributed by atoms with E-state index in [1.807, 2.05) is 50.2 Å². The Balaban J connectivity index is 2.03. The fourth-order valence-corrected chi connectivity index (χ4v) is 5.84. The topological polar surface area (TPSA) is 86.8 Å². The molecule has 0 aromatic heterocycles. The summed E-state index contributed by atoms with van der Waals surface area (Å²) in [5, 5.41) is 2.85. The molecule has 3 aromatic carbocycles. The zero-order valence-corrected chi connectivity index (χ0v) is 26.1. The van der Waals surface area contributed by atoms with E-state index in [1.165, 1.54) is 4.90 Å². The Morgan fingerprint density at radius 1 is 0.900 bits per heavy atom. The molecule has 0 heterocycles. The Hall–Kier alpha value is -3.17. The van der Waals surface area contributed by atoms with E-state index in [4.69, 9.17) is 0 Å². The van der Waals surface area contributed by atoms with Crippen molar-refractivity contribution >= 4 is 43.5 Å². The van der Waals surface area contributed by atoms with Gasteiger partial charge in [-0.25, -0.2) is 8.42 Å². The number of rotatable bonds is 12. The van der Waals surface area contributed by atoms with Gasteiger partial charge in [-0.3, -0.25) is 13.9 Å². The van der Waals surface area contributed by atoms with Crippen molar-refractivity contribution in [3.05, 3.63) is 94.0 Å². The quantitative estimate of drug-likeness (QED) is 0.266. The molecule has 0 saturated heterocycles. The molecule has 0 bridgehead atoms. The zero-order valence-electron chi connectivity index (χ0n) is 23.7. The van der Waals surface area contributed by atoms with Gasteiger partial charge in [0, 0.05) is 17.6 Å². The van der Waals surface area contributed by atoms with Crippen molar-refractivity contribution in [2.75, 3.05) is 17.4 Å². The Morgan fingerprint density at radius 3 is 2.05 bits per heavy atom. The minimum atomic E-state index is -4.09. The molecular formula is C31H38BrN3O4S. The maximum atomic E-state index is 14.0. The number of sulfonamides is 1. The van der Waals surface area contributed by atoms with Gasteiger partial charge in [0.15, 0.2) is 0 Å². The largest absolute Gasteiger partial charge is 0.354 e. The molecule has 3 aromatic rings. The van der Waals surface area contributed by atoms with Crippen molar-refractivity contribution in [1.82, 2.24) is 10.2 Å². The molecule has 1 atom stereocenters. The van der Waals surface area contributed by atoms with E-state index >= 15 is 0 Å². The van der Waals surface area contributed by atoms with Gasteiger partial charge in [-0.05, 0) is 73.7 Å². The molecule has 0 radical (unpaired) electrons. The minimum absolute atomic E-state index is 0.0898. The van der Waals surface area contributed by atoms with Crippen LogP contribution in [-0.2, 0) is 26.2 Å². The molecule has 0 unspecified atom stereocenters. The molecule has 9 heteroatoms. The first-order valence-electron chi connectivity index (χ1n) is 13.4. The highest BCUT2D eigenvalue weighted by Gasteiger charge is 2.32. The van der Waals surface area contributed by atoms with Gasteiger partial charge in [0.1, 0.15) is 12.6 Å². The fraction of sp³-hybridized carbons (Fsp3) is 0.355. The Labute approximate surface area is 246 Å². The van der Waals surface area contributed by atoms with Crippen LogP contribution < -0.4 is 9.62 Å². The average Bonchev–Trinajstić information content (AvgIpc) is 2.94. The summed E-state index contributed by atoms with van der Waals surface area (Å²) in [6.45, 7) is 9.80. The van der Waals surface area contributed by atoms with Crippen molar-refractivity contribution < 1.29 is 18.0 Å². The number of halogens is 1. The van der Waals surface area contributed by atoms with Gasteiger partial charge in [0.05, 0.1) is 10.6 Å². The van der Waals surface area contributed by atoms with E-state index in [9.17, 15) is 18.0 Å². The van der Waals surface area contributed by atoms with Crippen molar-refractivity contribution in [2.45, 2.75) is 64.4 Å². The summed E-state index contributed by atoms with van der Waals surface area (Å²) in [6.07, 6.45) is 0.758. The third kappa shape index (κ3) is 7.95. The number of carbonyl (C=O) groups excluding carboxylic acids is 2. The fourth-order valence-electron chi connectivity index (χ4n) is 4.16. The number of amides is 2. The number of anilines is 1. The number of nitrogens with zero attached hydrogens (tertiary/aromatic N) is 2. The smallest absolute Gasteiger partial charge is 0.264 e. The lowest BCUT2D eigenvalue weighted by Gasteiger charge is -2.32. The average molecular weight is 629 g/mol. The van der Waals surface area contributed by atoms with E-state index < -0.39 is 28.5 Å². The summed E-state index contributed by atoms with van der Waals surface area (Å²) in [5.41, 5.74) is 3.18. The van der Waals surface area contributed by atoms with Crippen molar-refractivity contribution in [3.8, 4) is 0 Å². The van der Waals surface area contributed by atoms with Gasteiger partial charge >= 0.3 is 0 Å². The van der Waals surface area contributed by atoms with Gasteiger partial charge in [0.2, 0.25) is 11.8 Å². The van der Waals surface area contributed by atoms with E-state index in [0.717, 1.165) is 31.9 Å². The summed E-state index contributed by atoms with van der Waals surface area (Å²) >= 11 is 3.42. The third-order valence-corrected chi connectivity index (χ3v) is 9.04. The van der Waals surface area contributed by atoms with Gasteiger partial charge < -0.3 is 10.2 Å². The molecule has 0 aliphatic heterocycles. The summed E-state index contributed by atoms with van der Waals surface area (Å²) in [5.74, 6) is -0.506. The molecular weight excluding hydrogens is 590 g/mol. The number of benzene rings is 3. The van der Waals surface area contributed by atoms with Crippen LogP contribution in [0.4, 0.5) is 5.69 Å². The lowest BCUT2D eigenvalue weighted by molar-refractivity contribution is -0.139. The minimum Gasteiger partial charge on any atom is -0.354 e. The predicted molar refractivity (Wildman–Crippen MR) is 164 cm³/mol. The van der Waals surface area contributed by atoms with Crippen LogP contribution in [0.3, 0.4) is 0 Å². The highest BCUT2D eigenvalue weighted by Crippen LogP contribution is 2.27. The second-order valence-electron chi connectivity index (χ2n) is 10.2. The normalized spacial score (nSPS) is 12.2. The highest BCUT2D eigenvalue weighted by atomic mass is 79.9. The van der Waals surface area contributed by atoms with Crippen LogP contribution in [0.1, 0.15) is 56.7 Å². The second kappa shape index (κ2) is 13.9. The predicted octanol–water partition coefficient (Wildman–Crippen LogP) is 6.02. The summed E-state index contributed by atoms with van der Waals surface area (Å²) in [7, 11) is -4.09. The van der Waals surface area contributed by atoms with Crippen molar-refractivity contribution in [1.29, 1.82) is 0 Å². The third-order valence-electron chi connectivity index (χ3n) is 6.72. The van der Waals surface area contributed by atoms with Gasteiger partial charge in [-0.1, -0.05) is 78.7 Å². The number of aryl methyl sites for hydroxylation is 1. The van der Waals surface area contributed by atoms with Crippen LogP contribution in [0.25, 0.3) is 0 Å². The van der Waals surface area contributed by atoms with Crippen LogP contribution >= 0.6 is 15.9 Å². The van der Waals surface area contributed by atoms with Crippen molar-refractivity contribution in [2.24, 2.45) is 0 Å². The van der Waals surface area contributed by atoms with E-state index in [1.54, 1.807) is 43.3 Å². The number of hydrogen-bond acceptors (Lipinski definition) is 4. The molecule has 1 N–H and O–H groups in total. The van der Waals surface area contributed by atoms with Crippen LogP contribution in [0, 0.1) is 6.92 Å². The molecule has 214 valence electrons. The number of carbonyl (C=O) groups is 2. The molecule has 0 spiro atoms. The lowest BCUT2D eigenvalue weighted by atomic mass is 10.0. The summed E-state index contributed by atoms with van der Waals surface area (Å²) < 4.78 is 29.9. The zero-order chi connectivity index (χ0) is 29.4. The molecule has 7 nitrogen and oxygen atoms in total. The van der Waals surface area contributed by atoms with Gasteiger partial charge in [0.25, 0.3) is 10.0 Å². The van der Waals surface area contributed by atoms with Crippen LogP contribution in [0.2, 0.25) is 0 Å². The molecule has 3 rings (SSSR count). The van der Waals surface area contributed by atoms with Crippen LogP contribution in [-0.4, -0.2) is 44.3 Å². The second-order valence-corrected chi connectivity index (χ2v) is 13.0. The first kappa shape index (κ1) is 31.4. The molecule has 2 amide bonds. The lowest BCUT2D eigenvalue weighted by Crippen LogP contribution is -2.51. The molecule has 0 saturated carbocycles. The van der Waals surface area contributed by atoms with Crippen molar-refractivity contribution in [3.63, 3.8) is 0 Å². The van der Waals surface area contributed by atoms with E-state index in [0.29, 0.717) is 12.2 Å². The first-order valence-corrected chi connectivity index (χ1v) is 15.7. The summed E-state index contributed by atoms with van der Waals surface area (Å²) in [4.78, 5) is 28.4. The van der Waals surface area contributed by atoms with Crippen LogP contribution in [0.15, 0.2) is 82.2 Å². The molecule has 0 aliphatic rings. The SMILES string of the molecule is CCCNC(=O)[C@@H](C)N(Cc1ccc(Br)cc1)C(=O)CN(c1ccc(C(C)C)cc1)S(=O)(=O)c1ccc(C)cc1. The highest BCUT2D eigenvalue weighted by molar-refractivity contribution is 9.10. The van der Waals surface area contributed by atoms with Gasteiger partial charge in [-0.15, -0.1) is 0 Å². The maximum absolute atomic E-state index is 14.0. The van der Waals surface area contributed by atoms with E-state index in [2.05, 4.69) is 35.1 Å². The molecule has 0 aliphatic carbocycles. The number of hydrogen-bond donors (Lipinski definition) is 1. The van der Waals surface area contributed by atoms with E-state index in [-0.39, 0.29) is 23.3 Å². The Bertz CT molecular complexity index is 1390. The first-order chi connectivity index (χ1) is 18.9.